The fourth-order valence-corrected chi connectivity index (χ4v) is 1.39. The molecule has 0 saturated heterocycles. The molecule has 0 radical (unpaired) electrons. The third-order valence-electron chi connectivity index (χ3n) is 2.10. The summed E-state index contributed by atoms with van der Waals surface area (Å²) in [6.45, 7) is 8.81. The average molecular weight is 192 g/mol. The normalized spacial score (nSPS) is 13.8. The summed E-state index contributed by atoms with van der Waals surface area (Å²) in [6, 6.07) is 0. The first-order chi connectivity index (χ1) is 5.72. The van der Waals surface area contributed by atoms with Crippen LogP contribution in [0.15, 0.2) is 0 Å². The highest BCUT2D eigenvalue weighted by Gasteiger charge is 2.08. The minimum absolute atomic E-state index is 0.197. The lowest BCUT2D eigenvalue weighted by atomic mass is 10.2. The number of rotatable bonds is 7. The van der Waals surface area contributed by atoms with Crippen LogP contribution in [-0.4, -0.2) is 23.5 Å². The molecule has 0 fully saturated rings. The first-order valence-electron chi connectivity index (χ1n) is 5.10. The fourth-order valence-electron chi connectivity index (χ4n) is 1.19. The summed E-state index contributed by atoms with van der Waals surface area (Å²) in [4.78, 5) is 2.36. The van der Waals surface area contributed by atoms with E-state index in [1.807, 2.05) is 0 Å². The average Bonchev–Trinajstić information content (AvgIpc) is 2.04. The molecule has 1 unspecified atom stereocenters. The molecule has 0 saturated carbocycles. The van der Waals surface area contributed by atoms with E-state index in [1.54, 1.807) is 0 Å². The van der Waals surface area contributed by atoms with Crippen LogP contribution in [0.4, 0.5) is 0 Å². The van der Waals surface area contributed by atoms with Crippen LogP contribution in [0, 0.1) is 0 Å². The van der Waals surface area contributed by atoms with Crippen LogP contribution in [-0.2, 0) is 0 Å². The fraction of sp³-hybridized carbons (Fsp3) is 1.00. The molecule has 0 rings (SSSR count). The van der Waals surface area contributed by atoms with Gasteiger partial charge < -0.3 is 0 Å². The zero-order valence-corrected chi connectivity index (χ0v) is 9.40. The molecule has 12 heavy (non-hydrogen) atoms. The van der Waals surface area contributed by atoms with E-state index >= 15 is 0 Å². The summed E-state index contributed by atoms with van der Waals surface area (Å²) in [6.07, 6.45) is 5.04. The lowest BCUT2D eigenvalue weighted by molar-refractivity contribution is 0.254. The summed E-state index contributed by atoms with van der Waals surface area (Å²) in [5, 5.41) is 0. The molecule has 0 aliphatic carbocycles. The Morgan fingerprint density at radius 1 is 1.08 bits per heavy atom. The maximum Gasteiger partial charge on any atom is 0.0821 e. The largest absolute Gasteiger partial charge is 0.288 e. The van der Waals surface area contributed by atoms with Crippen molar-refractivity contribution in [2.75, 3.05) is 13.1 Å². The van der Waals surface area contributed by atoms with E-state index in [0.717, 1.165) is 13.1 Å². The van der Waals surface area contributed by atoms with Crippen molar-refractivity contribution in [3.63, 3.8) is 0 Å². The Bertz CT molecular complexity index is 85.8. The zero-order chi connectivity index (χ0) is 9.40. The SMILES string of the molecule is CCCCN(CCCC)C(C)Cl. The van der Waals surface area contributed by atoms with Crippen molar-refractivity contribution in [1.29, 1.82) is 0 Å². The summed E-state index contributed by atoms with van der Waals surface area (Å²) in [5.74, 6) is 0. The number of hydrogen-bond acceptors (Lipinski definition) is 1. The molecule has 0 amide bonds. The smallest absolute Gasteiger partial charge is 0.0821 e. The van der Waals surface area contributed by atoms with E-state index in [9.17, 15) is 0 Å². The molecular formula is C10H22ClN. The molecule has 74 valence electrons. The second-order valence-electron chi connectivity index (χ2n) is 3.32. The first-order valence-corrected chi connectivity index (χ1v) is 5.54. The maximum atomic E-state index is 6.04. The van der Waals surface area contributed by atoms with Gasteiger partial charge in [-0.2, -0.15) is 0 Å². The van der Waals surface area contributed by atoms with E-state index in [-0.39, 0.29) is 5.50 Å². The van der Waals surface area contributed by atoms with Gasteiger partial charge in [0.05, 0.1) is 5.50 Å². The first kappa shape index (κ1) is 12.2. The van der Waals surface area contributed by atoms with E-state index in [0.29, 0.717) is 0 Å². The van der Waals surface area contributed by atoms with Gasteiger partial charge in [-0.25, -0.2) is 0 Å². The Kier molecular flexibility index (Phi) is 8.04. The van der Waals surface area contributed by atoms with Crippen LogP contribution in [0.25, 0.3) is 0 Å². The number of alkyl halides is 1. The lowest BCUT2D eigenvalue weighted by Gasteiger charge is -2.24. The third kappa shape index (κ3) is 5.84. The Morgan fingerprint density at radius 3 is 1.75 bits per heavy atom. The van der Waals surface area contributed by atoms with E-state index in [2.05, 4.69) is 25.7 Å². The number of hydrogen-bond donors (Lipinski definition) is 0. The maximum absolute atomic E-state index is 6.04. The Hall–Kier alpha value is 0.250. The molecule has 0 aromatic heterocycles. The molecule has 1 atom stereocenters. The highest BCUT2D eigenvalue weighted by molar-refractivity contribution is 6.20. The number of nitrogens with zero attached hydrogens (tertiary/aromatic N) is 1. The molecule has 0 N–H and O–H groups in total. The molecule has 0 spiro atoms. The predicted molar refractivity (Wildman–Crippen MR) is 56.7 cm³/mol. The van der Waals surface area contributed by atoms with Gasteiger partial charge in [0.2, 0.25) is 0 Å². The highest BCUT2D eigenvalue weighted by Crippen LogP contribution is 2.07. The Labute approximate surface area is 82.1 Å². The zero-order valence-electron chi connectivity index (χ0n) is 8.65. The topological polar surface area (TPSA) is 3.24 Å². The van der Waals surface area contributed by atoms with Gasteiger partial charge in [0.15, 0.2) is 0 Å². The Balaban J connectivity index is 3.55. The van der Waals surface area contributed by atoms with Crippen molar-refractivity contribution in [2.45, 2.75) is 52.0 Å². The molecule has 1 nitrogen and oxygen atoms in total. The van der Waals surface area contributed by atoms with Crippen LogP contribution in [0.1, 0.15) is 46.5 Å². The summed E-state index contributed by atoms with van der Waals surface area (Å²) >= 11 is 6.04. The minimum atomic E-state index is 0.197. The lowest BCUT2D eigenvalue weighted by Crippen LogP contribution is -2.31. The minimum Gasteiger partial charge on any atom is -0.288 e. The third-order valence-corrected chi connectivity index (χ3v) is 2.38. The van der Waals surface area contributed by atoms with Gasteiger partial charge in [-0.15, -0.1) is 11.6 Å². The van der Waals surface area contributed by atoms with Crippen molar-refractivity contribution in [3.8, 4) is 0 Å². The van der Waals surface area contributed by atoms with Gasteiger partial charge in [0, 0.05) is 0 Å². The van der Waals surface area contributed by atoms with Gasteiger partial charge in [-0.1, -0.05) is 26.7 Å². The summed E-state index contributed by atoms with van der Waals surface area (Å²) in [5.41, 5.74) is 0.197. The second-order valence-corrected chi connectivity index (χ2v) is 3.95. The summed E-state index contributed by atoms with van der Waals surface area (Å²) < 4.78 is 0. The monoisotopic (exact) mass is 191 g/mol. The van der Waals surface area contributed by atoms with Crippen molar-refractivity contribution in [2.24, 2.45) is 0 Å². The molecule has 0 aliphatic heterocycles. The van der Waals surface area contributed by atoms with Crippen LogP contribution in [0.3, 0.4) is 0 Å². The Morgan fingerprint density at radius 2 is 1.50 bits per heavy atom. The standard InChI is InChI=1S/C10H22ClN/c1-4-6-8-12(10(3)11)9-7-5-2/h10H,4-9H2,1-3H3. The van der Waals surface area contributed by atoms with Gasteiger partial charge in [-0.3, -0.25) is 4.90 Å². The van der Waals surface area contributed by atoms with E-state index in [4.69, 9.17) is 11.6 Å². The van der Waals surface area contributed by atoms with Crippen molar-refractivity contribution in [3.05, 3.63) is 0 Å². The van der Waals surface area contributed by atoms with Crippen molar-refractivity contribution < 1.29 is 0 Å². The van der Waals surface area contributed by atoms with Crippen LogP contribution < -0.4 is 0 Å². The van der Waals surface area contributed by atoms with Crippen molar-refractivity contribution >= 4 is 11.6 Å². The van der Waals surface area contributed by atoms with Crippen LogP contribution in [0.2, 0.25) is 0 Å². The molecule has 0 bridgehead atoms. The predicted octanol–water partition coefficient (Wildman–Crippen LogP) is 3.47. The molecule has 2 heteroatoms. The quantitative estimate of drug-likeness (QED) is 0.440. The molecule has 0 aliphatic rings. The van der Waals surface area contributed by atoms with Crippen LogP contribution in [0.5, 0.6) is 0 Å². The molecular weight excluding hydrogens is 170 g/mol. The molecule has 0 heterocycles. The molecule has 0 aromatic rings. The second kappa shape index (κ2) is 7.88. The van der Waals surface area contributed by atoms with Crippen molar-refractivity contribution in [1.82, 2.24) is 4.90 Å². The number of unbranched alkanes of at least 4 members (excludes halogenated alkanes) is 2. The van der Waals surface area contributed by atoms with Gasteiger partial charge >= 0.3 is 0 Å². The number of halogens is 1. The van der Waals surface area contributed by atoms with Gasteiger partial charge in [-0.05, 0) is 32.9 Å². The van der Waals surface area contributed by atoms with Gasteiger partial charge in [0.1, 0.15) is 0 Å². The van der Waals surface area contributed by atoms with Crippen LogP contribution >= 0.6 is 11.6 Å². The van der Waals surface area contributed by atoms with E-state index < -0.39 is 0 Å². The van der Waals surface area contributed by atoms with Gasteiger partial charge in [0.25, 0.3) is 0 Å². The highest BCUT2D eigenvalue weighted by atomic mass is 35.5. The summed E-state index contributed by atoms with van der Waals surface area (Å²) in [7, 11) is 0. The van der Waals surface area contributed by atoms with E-state index in [1.165, 1.54) is 25.7 Å². The molecule has 0 aromatic carbocycles.